The van der Waals surface area contributed by atoms with Gasteiger partial charge < -0.3 is 10.5 Å². The molecule has 2 N–H and O–H groups in total. The van der Waals surface area contributed by atoms with E-state index in [1.54, 1.807) is 31.2 Å². The second kappa shape index (κ2) is 6.54. The van der Waals surface area contributed by atoms with Crippen molar-refractivity contribution in [2.75, 3.05) is 5.32 Å². The Morgan fingerprint density at radius 3 is 2.67 bits per heavy atom. The van der Waals surface area contributed by atoms with Crippen LogP contribution in [0.3, 0.4) is 0 Å². The average molecular weight is 347 g/mol. The summed E-state index contributed by atoms with van der Waals surface area (Å²) < 4.78 is 0.938. The Hall–Kier alpha value is -2.14. The summed E-state index contributed by atoms with van der Waals surface area (Å²) in [5.74, 6) is -0.171. The Bertz CT molecular complexity index is 711. The average Bonchev–Trinajstić information content (AvgIpc) is 2.46. The lowest BCUT2D eigenvalue weighted by molar-refractivity contribution is 0.102. The summed E-state index contributed by atoms with van der Waals surface area (Å²) in [5, 5.41) is 14.8. The van der Waals surface area contributed by atoms with Crippen molar-refractivity contribution in [1.29, 1.82) is 0 Å². The molecule has 0 radical (unpaired) electrons. The standard InChI is InChI=1S/C16H15BrN2O2/c1-10-8-13(17)6-7-15(10)16(20)18-14-5-3-4-12(9-14)11(2)19-21/h3-9,21H,1-2H3,(H,18,20)/b19-11+. The number of carbonyl (C=O) groups is 1. The fraction of sp³-hybridized carbons (Fsp3) is 0.125. The van der Waals surface area contributed by atoms with Crippen LogP contribution in [0.4, 0.5) is 5.69 Å². The smallest absolute Gasteiger partial charge is 0.255 e. The minimum absolute atomic E-state index is 0.171. The number of benzene rings is 2. The SMILES string of the molecule is C/C(=N\O)c1cccc(NC(=O)c2ccc(Br)cc2C)c1. The van der Waals surface area contributed by atoms with E-state index >= 15 is 0 Å². The zero-order chi connectivity index (χ0) is 15.4. The van der Waals surface area contributed by atoms with Crippen molar-refractivity contribution in [3.8, 4) is 0 Å². The van der Waals surface area contributed by atoms with Crippen molar-refractivity contribution in [2.45, 2.75) is 13.8 Å². The first-order valence-corrected chi connectivity index (χ1v) is 7.17. The van der Waals surface area contributed by atoms with Crippen molar-refractivity contribution in [3.05, 3.63) is 63.6 Å². The molecule has 0 aliphatic heterocycles. The molecule has 0 saturated heterocycles. The lowest BCUT2D eigenvalue weighted by atomic mass is 10.1. The lowest BCUT2D eigenvalue weighted by Gasteiger charge is -2.09. The van der Waals surface area contributed by atoms with Gasteiger partial charge >= 0.3 is 0 Å². The third-order valence-electron chi connectivity index (χ3n) is 3.12. The van der Waals surface area contributed by atoms with Crippen LogP contribution in [-0.2, 0) is 0 Å². The predicted molar refractivity (Wildman–Crippen MR) is 87.3 cm³/mol. The molecule has 1 amide bonds. The molecule has 0 bridgehead atoms. The Kier molecular flexibility index (Phi) is 4.75. The van der Waals surface area contributed by atoms with Gasteiger partial charge in [0.25, 0.3) is 5.91 Å². The molecule has 0 aliphatic rings. The Labute approximate surface area is 131 Å². The summed E-state index contributed by atoms with van der Waals surface area (Å²) in [7, 11) is 0. The van der Waals surface area contributed by atoms with Gasteiger partial charge in [-0.1, -0.05) is 33.2 Å². The molecule has 2 rings (SSSR count). The molecule has 0 atom stereocenters. The monoisotopic (exact) mass is 346 g/mol. The summed E-state index contributed by atoms with van der Waals surface area (Å²) in [6.07, 6.45) is 0. The van der Waals surface area contributed by atoms with Gasteiger partial charge in [-0.2, -0.15) is 0 Å². The third kappa shape index (κ3) is 3.70. The van der Waals surface area contributed by atoms with Crippen molar-refractivity contribution < 1.29 is 10.0 Å². The molecule has 5 heteroatoms. The zero-order valence-corrected chi connectivity index (χ0v) is 13.3. The molecular weight excluding hydrogens is 332 g/mol. The maximum Gasteiger partial charge on any atom is 0.255 e. The van der Waals surface area contributed by atoms with Crippen molar-refractivity contribution in [1.82, 2.24) is 0 Å². The van der Waals surface area contributed by atoms with E-state index in [-0.39, 0.29) is 5.91 Å². The highest BCUT2D eigenvalue weighted by molar-refractivity contribution is 9.10. The van der Waals surface area contributed by atoms with Crippen LogP contribution in [0.5, 0.6) is 0 Å². The third-order valence-corrected chi connectivity index (χ3v) is 3.61. The van der Waals surface area contributed by atoms with Crippen LogP contribution in [0.2, 0.25) is 0 Å². The number of halogens is 1. The number of rotatable bonds is 3. The highest BCUT2D eigenvalue weighted by Crippen LogP contribution is 2.18. The van der Waals surface area contributed by atoms with Gasteiger partial charge in [-0.3, -0.25) is 4.79 Å². The molecule has 0 unspecified atom stereocenters. The normalized spacial score (nSPS) is 11.3. The van der Waals surface area contributed by atoms with Crippen molar-refractivity contribution in [3.63, 3.8) is 0 Å². The summed E-state index contributed by atoms with van der Waals surface area (Å²) in [4.78, 5) is 12.3. The maximum atomic E-state index is 12.3. The van der Waals surface area contributed by atoms with Crippen LogP contribution in [0.25, 0.3) is 0 Å². The first-order chi connectivity index (χ1) is 10.0. The first kappa shape index (κ1) is 15.3. The van der Waals surface area contributed by atoms with E-state index in [1.807, 2.05) is 25.1 Å². The Balaban J connectivity index is 2.23. The number of amides is 1. The van der Waals surface area contributed by atoms with Crippen LogP contribution in [0, 0.1) is 6.92 Å². The van der Waals surface area contributed by atoms with Gasteiger partial charge in [0.1, 0.15) is 0 Å². The molecule has 0 aliphatic carbocycles. The van der Waals surface area contributed by atoms with Gasteiger partial charge in [0, 0.05) is 21.3 Å². The van der Waals surface area contributed by atoms with Gasteiger partial charge in [-0.05, 0) is 49.7 Å². The van der Waals surface area contributed by atoms with Crippen molar-refractivity contribution >= 4 is 33.2 Å². The maximum absolute atomic E-state index is 12.3. The van der Waals surface area contributed by atoms with Gasteiger partial charge in [-0.25, -0.2) is 0 Å². The Morgan fingerprint density at radius 2 is 2.00 bits per heavy atom. The number of nitrogens with zero attached hydrogens (tertiary/aromatic N) is 1. The van der Waals surface area contributed by atoms with E-state index in [1.165, 1.54) is 0 Å². The molecule has 21 heavy (non-hydrogen) atoms. The number of carbonyl (C=O) groups excluding carboxylic acids is 1. The minimum Gasteiger partial charge on any atom is -0.411 e. The highest BCUT2D eigenvalue weighted by Gasteiger charge is 2.10. The van der Waals surface area contributed by atoms with E-state index in [9.17, 15) is 4.79 Å². The van der Waals surface area contributed by atoms with Crippen LogP contribution >= 0.6 is 15.9 Å². The van der Waals surface area contributed by atoms with Gasteiger partial charge in [-0.15, -0.1) is 0 Å². The number of oxime groups is 1. The van der Waals surface area contributed by atoms with Gasteiger partial charge in [0.05, 0.1) is 5.71 Å². The van der Waals surface area contributed by atoms with E-state index in [0.717, 1.165) is 15.6 Å². The molecule has 0 heterocycles. The largest absolute Gasteiger partial charge is 0.411 e. The van der Waals surface area contributed by atoms with Crippen LogP contribution in [0.1, 0.15) is 28.4 Å². The molecule has 4 nitrogen and oxygen atoms in total. The molecule has 108 valence electrons. The molecule has 0 aromatic heterocycles. The van der Waals surface area contributed by atoms with E-state index in [4.69, 9.17) is 5.21 Å². The predicted octanol–water partition coefficient (Wildman–Crippen LogP) is 4.21. The summed E-state index contributed by atoms with van der Waals surface area (Å²) in [6.45, 7) is 3.58. The van der Waals surface area contributed by atoms with Gasteiger partial charge in [0.2, 0.25) is 0 Å². The number of aryl methyl sites for hydroxylation is 1. The van der Waals surface area contributed by atoms with Crippen LogP contribution < -0.4 is 5.32 Å². The fourth-order valence-corrected chi connectivity index (χ4v) is 2.44. The Morgan fingerprint density at radius 1 is 1.24 bits per heavy atom. The van der Waals surface area contributed by atoms with Gasteiger partial charge in [0.15, 0.2) is 0 Å². The molecule has 0 spiro atoms. The topological polar surface area (TPSA) is 61.7 Å². The van der Waals surface area contributed by atoms with E-state index < -0.39 is 0 Å². The number of anilines is 1. The molecule has 0 saturated carbocycles. The summed E-state index contributed by atoms with van der Waals surface area (Å²) >= 11 is 3.38. The highest BCUT2D eigenvalue weighted by atomic mass is 79.9. The molecule has 2 aromatic carbocycles. The molecule has 2 aromatic rings. The first-order valence-electron chi connectivity index (χ1n) is 6.38. The molecular formula is C16H15BrN2O2. The lowest BCUT2D eigenvalue weighted by Crippen LogP contribution is -2.13. The number of nitrogens with one attached hydrogen (secondary N) is 1. The fourth-order valence-electron chi connectivity index (χ4n) is 1.96. The van der Waals surface area contributed by atoms with Crippen LogP contribution in [-0.4, -0.2) is 16.8 Å². The quantitative estimate of drug-likeness (QED) is 0.496. The number of hydrogen-bond acceptors (Lipinski definition) is 3. The summed E-state index contributed by atoms with van der Waals surface area (Å²) in [5.41, 5.74) is 3.42. The van der Waals surface area contributed by atoms with E-state index in [0.29, 0.717) is 17.0 Å². The minimum atomic E-state index is -0.171. The van der Waals surface area contributed by atoms with Crippen LogP contribution in [0.15, 0.2) is 52.1 Å². The van der Waals surface area contributed by atoms with E-state index in [2.05, 4.69) is 26.4 Å². The van der Waals surface area contributed by atoms with Crippen molar-refractivity contribution in [2.24, 2.45) is 5.16 Å². The second-order valence-electron chi connectivity index (χ2n) is 4.68. The summed E-state index contributed by atoms with van der Waals surface area (Å²) in [6, 6.07) is 12.7. The second-order valence-corrected chi connectivity index (χ2v) is 5.60. The zero-order valence-electron chi connectivity index (χ0n) is 11.7. The number of hydrogen-bond donors (Lipinski definition) is 2. The molecule has 0 fully saturated rings.